The van der Waals surface area contributed by atoms with Crippen molar-refractivity contribution in [2.75, 3.05) is 6.61 Å². The van der Waals surface area contributed by atoms with Crippen LogP contribution in [0.25, 0.3) is 10.9 Å². The first-order chi connectivity index (χ1) is 16.1. The summed E-state index contributed by atoms with van der Waals surface area (Å²) in [7, 11) is 0. The van der Waals surface area contributed by atoms with Crippen LogP contribution in [0.5, 0.6) is 0 Å². The predicted octanol–water partition coefficient (Wildman–Crippen LogP) is 5.19. The van der Waals surface area contributed by atoms with Crippen LogP contribution < -0.4 is 0 Å². The van der Waals surface area contributed by atoms with Gasteiger partial charge < -0.3 is 14.4 Å². The first-order valence-electron chi connectivity index (χ1n) is 11.5. The third-order valence-electron chi connectivity index (χ3n) is 5.78. The molecule has 1 unspecified atom stereocenters. The molecule has 0 radical (unpaired) electrons. The molecule has 0 saturated carbocycles. The molecule has 2 aromatic heterocycles. The quantitative estimate of drug-likeness (QED) is 0.343. The van der Waals surface area contributed by atoms with Crippen molar-refractivity contribution < 1.29 is 14.6 Å². The van der Waals surface area contributed by atoms with Gasteiger partial charge in [-0.05, 0) is 54.3 Å². The minimum absolute atomic E-state index is 0.0474. The molecular formula is C28H30N2O3. The number of para-hydroxylation sites is 1. The number of fused-ring (bicyclic) bond motifs is 1. The van der Waals surface area contributed by atoms with Crippen LogP contribution in [0, 0.1) is 0 Å². The van der Waals surface area contributed by atoms with E-state index in [-0.39, 0.29) is 6.61 Å². The third-order valence-corrected chi connectivity index (χ3v) is 5.78. The summed E-state index contributed by atoms with van der Waals surface area (Å²) in [4.78, 5) is 16.7. The highest BCUT2D eigenvalue weighted by molar-refractivity contribution is 5.89. The minimum Gasteiger partial charge on any atom is -0.459 e. The van der Waals surface area contributed by atoms with Crippen molar-refractivity contribution in [1.82, 2.24) is 9.55 Å². The Bertz CT molecular complexity index is 1200. The van der Waals surface area contributed by atoms with Crippen LogP contribution in [0.1, 0.15) is 46.9 Å². The summed E-state index contributed by atoms with van der Waals surface area (Å²) < 4.78 is 7.50. The van der Waals surface area contributed by atoms with Gasteiger partial charge in [-0.1, -0.05) is 49.7 Å². The average Bonchev–Trinajstić information content (AvgIpc) is 3.19. The third kappa shape index (κ3) is 5.88. The standard InChI is InChI=1S/C28H30N2O3/c1-2-3-9-21-14-15-29-24(16-21)19-30-18-23(26-12-7-8-13-27(26)30)17-25(31)20-33-28(32)22-10-5-4-6-11-22/h4-8,10-16,18,25,31H,2-3,9,17,19-20H2,1H3. The second-order valence-corrected chi connectivity index (χ2v) is 8.38. The smallest absolute Gasteiger partial charge is 0.338 e. The van der Waals surface area contributed by atoms with Crippen molar-refractivity contribution in [1.29, 1.82) is 0 Å². The molecule has 2 aromatic carbocycles. The monoisotopic (exact) mass is 442 g/mol. The number of nitrogens with zero attached hydrogens (tertiary/aromatic N) is 2. The fourth-order valence-electron chi connectivity index (χ4n) is 4.08. The summed E-state index contributed by atoms with van der Waals surface area (Å²) >= 11 is 0. The molecule has 5 heteroatoms. The fraction of sp³-hybridized carbons (Fsp3) is 0.286. The average molecular weight is 443 g/mol. The molecule has 0 aliphatic heterocycles. The van der Waals surface area contributed by atoms with Crippen LogP contribution in [0.4, 0.5) is 0 Å². The Labute approximate surface area is 194 Å². The maximum atomic E-state index is 12.2. The van der Waals surface area contributed by atoms with Gasteiger partial charge >= 0.3 is 5.97 Å². The number of hydrogen-bond acceptors (Lipinski definition) is 4. The van der Waals surface area contributed by atoms with E-state index in [1.165, 1.54) is 18.4 Å². The second-order valence-electron chi connectivity index (χ2n) is 8.38. The SMILES string of the molecule is CCCCc1ccnc(Cn2cc(CC(O)COC(=O)c3ccccc3)c3ccccc32)c1. The molecule has 33 heavy (non-hydrogen) atoms. The van der Waals surface area contributed by atoms with Gasteiger partial charge in [0.2, 0.25) is 0 Å². The van der Waals surface area contributed by atoms with Gasteiger partial charge in [0, 0.05) is 29.7 Å². The summed E-state index contributed by atoms with van der Waals surface area (Å²) in [6.45, 7) is 2.82. The summed E-state index contributed by atoms with van der Waals surface area (Å²) in [5.41, 5.74) is 4.94. The van der Waals surface area contributed by atoms with Crippen molar-refractivity contribution in [2.45, 2.75) is 45.3 Å². The van der Waals surface area contributed by atoms with E-state index in [9.17, 15) is 9.90 Å². The number of unbranched alkanes of at least 4 members (excludes halogenated alkanes) is 1. The number of carbonyl (C=O) groups is 1. The molecule has 1 atom stereocenters. The van der Waals surface area contributed by atoms with Crippen molar-refractivity contribution in [3.05, 3.63) is 102 Å². The van der Waals surface area contributed by atoms with E-state index < -0.39 is 12.1 Å². The largest absolute Gasteiger partial charge is 0.459 e. The number of carbonyl (C=O) groups excluding carboxylic acids is 1. The van der Waals surface area contributed by atoms with E-state index in [1.54, 1.807) is 24.3 Å². The van der Waals surface area contributed by atoms with Crippen LogP contribution in [-0.2, 0) is 24.1 Å². The first-order valence-corrected chi connectivity index (χ1v) is 11.5. The lowest BCUT2D eigenvalue weighted by Gasteiger charge is -2.11. The van der Waals surface area contributed by atoms with Gasteiger partial charge in [-0.2, -0.15) is 0 Å². The Morgan fingerprint density at radius 3 is 2.70 bits per heavy atom. The zero-order valence-corrected chi connectivity index (χ0v) is 19.0. The molecule has 0 fully saturated rings. The molecule has 0 saturated heterocycles. The molecule has 0 bridgehead atoms. The first kappa shape index (κ1) is 22.7. The molecule has 0 spiro atoms. The van der Waals surface area contributed by atoms with Crippen LogP contribution in [0.2, 0.25) is 0 Å². The Hall–Kier alpha value is -3.44. The zero-order chi connectivity index (χ0) is 23.0. The molecular weight excluding hydrogens is 412 g/mol. The van der Waals surface area contributed by atoms with Crippen LogP contribution in [0.3, 0.4) is 0 Å². The van der Waals surface area contributed by atoms with Gasteiger partial charge in [-0.15, -0.1) is 0 Å². The van der Waals surface area contributed by atoms with E-state index in [1.807, 2.05) is 24.4 Å². The van der Waals surface area contributed by atoms with E-state index in [2.05, 4.69) is 46.9 Å². The number of pyridine rings is 1. The molecule has 5 nitrogen and oxygen atoms in total. The van der Waals surface area contributed by atoms with Crippen molar-refractivity contribution in [3.63, 3.8) is 0 Å². The highest BCUT2D eigenvalue weighted by Gasteiger charge is 2.15. The maximum absolute atomic E-state index is 12.2. The highest BCUT2D eigenvalue weighted by Crippen LogP contribution is 2.24. The fourth-order valence-corrected chi connectivity index (χ4v) is 4.08. The molecule has 4 aromatic rings. The predicted molar refractivity (Wildman–Crippen MR) is 130 cm³/mol. The van der Waals surface area contributed by atoms with E-state index >= 15 is 0 Å². The summed E-state index contributed by atoms with van der Waals surface area (Å²) in [6, 6.07) is 21.3. The van der Waals surface area contributed by atoms with E-state index in [0.717, 1.165) is 28.6 Å². The maximum Gasteiger partial charge on any atom is 0.338 e. The van der Waals surface area contributed by atoms with Gasteiger partial charge in [0.05, 0.1) is 23.9 Å². The topological polar surface area (TPSA) is 64.3 Å². The molecule has 170 valence electrons. The van der Waals surface area contributed by atoms with Gasteiger partial charge in [0.1, 0.15) is 6.61 Å². The van der Waals surface area contributed by atoms with Gasteiger partial charge in [0.15, 0.2) is 0 Å². The summed E-state index contributed by atoms with van der Waals surface area (Å²) in [5, 5.41) is 11.7. The zero-order valence-electron chi connectivity index (χ0n) is 19.0. The number of aromatic nitrogens is 2. The Balaban J connectivity index is 1.46. The number of aliphatic hydroxyl groups excluding tert-OH is 1. The van der Waals surface area contributed by atoms with Crippen LogP contribution in [0.15, 0.2) is 79.1 Å². The summed E-state index contributed by atoms with van der Waals surface area (Å²) in [6.07, 6.45) is 6.99. The number of rotatable bonds is 10. The van der Waals surface area contributed by atoms with Crippen molar-refractivity contribution in [2.24, 2.45) is 0 Å². The summed E-state index contributed by atoms with van der Waals surface area (Å²) in [5.74, 6) is -0.425. The lowest BCUT2D eigenvalue weighted by Crippen LogP contribution is -2.20. The second kappa shape index (κ2) is 10.9. The van der Waals surface area contributed by atoms with Gasteiger partial charge in [-0.25, -0.2) is 4.79 Å². The molecule has 0 aliphatic rings. The Kier molecular flexibility index (Phi) is 7.53. The van der Waals surface area contributed by atoms with Crippen LogP contribution >= 0.6 is 0 Å². The number of ether oxygens (including phenoxy) is 1. The normalized spacial score (nSPS) is 12.1. The van der Waals surface area contributed by atoms with E-state index in [4.69, 9.17) is 4.74 Å². The lowest BCUT2D eigenvalue weighted by atomic mass is 10.1. The Morgan fingerprint density at radius 2 is 1.88 bits per heavy atom. The molecule has 0 aliphatic carbocycles. The molecule has 0 amide bonds. The molecule has 1 N–H and O–H groups in total. The number of hydrogen-bond donors (Lipinski definition) is 1. The minimum atomic E-state index is -0.785. The number of esters is 1. The molecule has 4 rings (SSSR count). The molecule has 2 heterocycles. The van der Waals surface area contributed by atoms with E-state index in [0.29, 0.717) is 18.5 Å². The van der Waals surface area contributed by atoms with Crippen LogP contribution in [-0.4, -0.2) is 33.3 Å². The number of aryl methyl sites for hydroxylation is 1. The Morgan fingerprint density at radius 1 is 1.09 bits per heavy atom. The lowest BCUT2D eigenvalue weighted by molar-refractivity contribution is 0.0259. The number of aliphatic hydroxyl groups is 1. The van der Waals surface area contributed by atoms with Crippen molar-refractivity contribution in [3.8, 4) is 0 Å². The van der Waals surface area contributed by atoms with Gasteiger partial charge in [-0.3, -0.25) is 4.98 Å². The number of benzene rings is 2. The van der Waals surface area contributed by atoms with Crippen molar-refractivity contribution >= 4 is 16.9 Å². The highest BCUT2D eigenvalue weighted by atomic mass is 16.5. The van der Waals surface area contributed by atoms with Gasteiger partial charge in [0.25, 0.3) is 0 Å².